The summed E-state index contributed by atoms with van der Waals surface area (Å²) in [7, 11) is 1.75. The summed E-state index contributed by atoms with van der Waals surface area (Å²) < 4.78 is 1.65. The van der Waals surface area contributed by atoms with Crippen molar-refractivity contribution in [1.29, 1.82) is 0 Å². The van der Waals surface area contributed by atoms with E-state index in [-0.39, 0.29) is 5.82 Å². The maximum atomic E-state index is 10.8. The highest BCUT2D eigenvalue weighted by Crippen LogP contribution is 2.23. The zero-order valence-electron chi connectivity index (χ0n) is 10.6. The third-order valence-corrected chi connectivity index (χ3v) is 3.21. The zero-order valence-corrected chi connectivity index (χ0v) is 10.6. The van der Waals surface area contributed by atoms with Gasteiger partial charge in [-0.1, -0.05) is 11.6 Å². The average molecular weight is 250 g/mol. The predicted octanol–water partition coefficient (Wildman–Crippen LogP) is 2.63. The van der Waals surface area contributed by atoms with E-state index in [1.54, 1.807) is 11.6 Å². The van der Waals surface area contributed by atoms with Crippen molar-refractivity contribution in [3.8, 4) is 0 Å². The molecule has 0 aliphatic heterocycles. The molecule has 1 aliphatic carbocycles. The van der Waals surface area contributed by atoms with Crippen LogP contribution in [0.2, 0.25) is 0 Å². The van der Waals surface area contributed by atoms with Gasteiger partial charge in [-0.3, -0.25) is 4.57 Å². The summed E-state index contributed by atoms with van der Waals surface area (Å²) >= 11 is 0. The van der Waals surface area contributed by atoms with Crippen LogP contribution in [0.5, 0.6) is 0 Å². The molecule has 1 aromatic rings. The number of hydrogen-bond donors (Lipinski definition) is 1. The van der Waals surface area contributed by atoms with E-state index in [0.717, 1.165) is 12.8 Å². The molecule has 0 saturated carbocycles. The minimum absolute atomic E-state index is 0.102. The smallest absolute Gasteiger partial charge is 0.364 e. The molecule has 0 saturated heterocycles. The van der Waals surface area contributed by atoms with Gasteiger partial charge in [-0.15, -0.1) is 0 Å². The lowest BCUT2D eigenvalue weighted by atomic mass is 9.97. The van der Waals surface area contributed by atoms with Crippen molar-refractivity contribution < 1.29 is 4.92 Å². The standard InChI is InChI=1S/C12H18N4O2/c1-15-9-14-12(16(17)18)11(15)13-8-7-10-5-3-2-4-6-10/h5,9,13H,2-4,6-8H2,1H3. The lowest BCUT2D eigenvalue weighted by Gasteiger charge is -2.13. The maximum Gasteiger partial charge on any atom is 0.406 e. The van der Waals surface area contributed by atoms with Crippen LogP contribution in [0.25, 0.3) is 0 Å². The van der Waals surface area contributed by atoms with Crippen molar-refractivity contribution in [1.82, 2.24) is 9.55 Å². The molecule has 0 aromatic carbocycles. The van der Waals surface area contributed by atoms with Gasteiger partial charge in [0.15, 0.2) is 0 Å². The number of aromatic nitrogens is 2. The Hall–Kier alpha value is -1.85. The summed E-state index contributed by atoms with van der Waals surface area (Å²) in [6, 6.07) is 0. The summed E-state index contributed by atoms with van der Waals surface area (Å²) in [6.45, 7) is 0.714. The van der Waals surface area contributed by atoms with Gasteiger partial charge in [-0.2, -0.15) is 0 Å². The molecule has 0 fully saturated rings. The van der Waals surface area contributed by atoms with Gasteiger partial charge >= 0.3 is 5.82 Å². The van der Waals surface area contributed by atoms with Crippen molar-refractivity contribution in [3.05, 3.63) is 28.1 Å². The third kappa shape index (κ3) is 2.88. The number of nitrogens with zero attached hydrogens (tertiary/aromatic N) is 3. The van der Waals surface area contributed by atoms with Gasteiger partial charge in [0.1, 0.15) is 0 Å². The molecule has 0 amide bonds. The molecule has 0 atom stereocenters. The summed E-state index contributed by atoms with van der Waals surface area (Å²) in [5, 5.41) is 13.9. The number of nitro groups is 1. The Kier molecular flexibility index (Phi) is 3.96. The Bertz CT molecular complexity index is 465. The second kappa shape index (κ2) is 5.66. The topological polar surface area (TPSA) is 73.0 Å². The fraction of sp³-hybridized carbons (Fsp3) is 0.583. The monoisotopic (exact) mass is 250 g/mol. The largest absolute Gasteiger partial charge is 0.406 e. The van der Waals surface area contributed by atoms with Crippen molar-refractivity contribution >= 4 is 11.6 Å². The Morgan fingerprint density at radius 3 is 3.06 bits per heavy atom. The number of anilines is 1. The molecule has 6 heteroatoms. The van der Waals surface area contributed by atoms with Crippen molar-refractivity contribution in [2.45, 2.75) is 32.1 Å². The normalized spacial score (nSPS) is 15.3. The number of aryl methyl sites for hydroxylation is 1. The number of hydrogen-bond acceptors (Lipinski definition) is 4. The minimum atomic E-state index is -0.456. The quantitative estimate of drug-likeness (QED) is 0.495. The van der Waals surface area contributed by atoms with Gasteiger partial charge in [0.2, 0.25) is 12.1 Å². The van der Waals surface area contributed by atoms with Gasteiger partial charge in [0.05, 0.1) is 0 Å². The predicted molar refractivity (Wildman–Crippen MR) is 69.5 cm³/mol. The first-order chi connectivity index (χ1) is 8.68. The molecule has 6 nitrogen and oxygen atoms in total. The minimum Gasteiger partial charge on any atom is -0.364 e. The fourth-order valence-corrected chi connectivity index (χ4v) is 2.23. The van der Waals surface area contributed by atoms with Gasteiger partial charge in [0.25, 0.3) is 0 Å². The second-order valence-electron chi connectivity index (χ2n) is 4.57. The van der Waals surface area contributed by atoms with Crippen LogP contribution in [0.3, 0.4) is 0 Å². The van der Waals surface area contributed by atoms with Gasteiger partial charge in [-0.05, 0) is 42.0 Å². The molecule has 0 unspecified atom stereocenters. The number of nitrogens with one attached hydrogen (secondary N) is 1. The SMILES string of the molecule is Cn1cnc([N+](=O)[O-])c1NCCC1=CCCCC1. The first-order valence-corrected chi connectivity index (χ1v) is 6.26. The Labute approximate surface area is 106 Å². The highest BCUT2D eigenvalue weighted by Gasteiger charge is 2.19. The van der Waals surface area contributed by atoms with E-state index < -0.39 is 4.92 Å². The molecule has 98 valence electrons. The van der Waals surface area contributed by atoms with Crippen molar-refractivity contribution in [2.75, 3.05) is 11.9 Å². The van der Waals surface area contributed by atoms with E-state index in [9.17, 15) is 10.1 Å². The number of allylic oxidation sites excluding steroid dienone is 1. The van der Waals surface area contributed by atoms with Crippen LogP contribution in [-0.2, 0) is 7.05 Å². The van der Waals surface area contributed by atoms with E-state index in [0.29, 0.717) is 12.4 Å². The molecule has 1 heterocycles. The highest BCUT2D eigenvalue weighted by molar-refractivity contribution is 5.51. The molecule has 1 aromatic heterocycles. The summed E-state index contributed by atoms with van der Waals surface area (Å²) in [5.41, 5.74) is 1.46. The van der Waals surface area contributed by atoms with Crippen LogP contribution in [-0.4, -0.2) is 21.0 Å². The maximum absolute atomic E-state index is 10.8. The summed E-state index contributed by atoms with van der Waals surface area (Å²) in [6.07, 6.45) is 9.57. The van der Waals surface area contributed by atoms with Crippen LogP contribution >= 0.6 is 0 Å². The Morgan fingerprint density at radius 1 is 1.56 bits per heavy atom. The second-order valence-corrected chi connectivity index (χ2v) is 4.57. The summed E-state index contributed by atoms with van der Waals surface area (Å²) in [5.74, 6) is 0.381. The molecule has 2 rings (SSSR count). The molecule has 1 aliphatic rings. The van der Waals surface area contributed by atoms with E-state index in [2.05, 4.69) is 16.4 Å². The molecule has 18 heavy (non-hydrogen) atoms. The van der Waals surface area contributed by atoms with Crippen LogP contribution in [0.15, 0.2) is 18.0 Å². The first kappa shape index (κ1) is 12.6. The molecular formula is C12H18N4O2. The van der Waals surface area contributed by atoms with Gasteiger partial charge in [0, 0.05) is 13.6 Å². The number of imidazole rings is 1. The first-order valence-electron chi connectivity index (χ1n) is 6.26. The van der Waals surface area contributed by atoms with Crippen molar-refractivity contribution in [3.63, 3.8) is 0 Å². The molecule has 0 radical (unpaired) electrons. The zero-order chi connectivity index (χ0) is 13.0. The number of rotatable bonds is 5. The van der Waals surface area contributed by atoms with E-state index >= 15 is 0 Å². The van der Waals surface area contributed by atoms with Crippen molar-refractivity contribution in [2.24, 2.45) is 7.05 Å². The Morgan fingerprint density at radius 2 is 2.39 bits per heavy atom. The van der Waals surface area contributed by atoms with E-state index in [4.69, 9.17) is 0 Å². The Balaban J connectivity index is 1.91. The molecule has 0 spiro atoms. The lowest BCUT2D eigenvalue weighted by Crippen LogP contribution is -2.08. The van der Waals surface area contributed by atoms with E-state index in [1.807, 2.05) is 0 Å². The van der Waals surface area contributed by atoms with Crippen LogP contribution in [0, 0.1) is 10.1 Å². The van der Waals surface area contributed by atoms with Gasteiger partial charge < -0.3 is 15.4 Å². The highest BCUT2D eigenvalue weighted by atomic mass is 16.6. The molecule has 0 bridgehead atoms. The summed E-state index contributed by atoms with van der Waals surface area (Å²) in [4.78, 5) is 14.1. The lowest BCUT2D eigenvalue weighted by molar-refractivity contribution is -0.388. The molecular weight excluding hydrogens is 232 g/mol. The third-order valence-electron chi connectivity index (χ3n) is 3.21. The fourth-order valence-electron chi connectivity index (χ4n) is 2.23. The van der Waals surface area contributed by atoms with Gasteiger partial charge in [-0.25, -0.2) is 0 Å². The average Bonchev–Trinajstić information content (AvgIpc) is 2.73. The van der Waals surface area contributed by atoms with Crippen LogP contribution in [0.1, 0.15) is 32.1 Å². The van der Waals surface area contributed by atoms with Crippen LogP contribution in [0.4, 0.5) is 11.6 Å². The van der Waals surface area contributed by atoms with Crippen LogP contribution < -0.4 is 5.32 Å². The molecule has 1 N–H and O–H groups in total. The van der Waals surface area contributed by atoms with E-state index in [1.165, 1.54) is 31.2 Å².